The van der Waals surface area contributed by atoms with Crippen molar-refractivity contribution in [3.8, 4) is 44.5 Å². The molecule has 0 atom stereocenters. The molecule has 214 valence electrons. The summed E-state index contributed by atoms with van der Waals surface area (Å²) >= 11 is 0. The zero-order chi connectivity index (χ0) is 30.5. The van der Waals surface area contributed by atoms with Gasteiger partial charge in [-0.15, -0.1) is 0 Å². The second-order valence-corrected chi connectivity index (χ2v) is 12.2. The highest BCUT2D eigenvalue weighted by molar-refractivity contribution is 6.18. The minimum atomic E-state index is 1.22. The average molecular weight is 583 g/mol. The molecule has 0 aliphatic heterocycles. The predicted molar refractivity (Wildman–Crippen MR) is 198 cm³/mol. The monoisotopic (exact) mass is 582 g/mol. The molecule has 0 heteroatoms. The molecule has 0 aromatic heterocycles. The third-order valence-electron chi connectivity index (χ3n) is 9.40. The van der Waals surface area contributed by atoms with Crippen LogP contribution in [0.1, 0.15) is 0 Å². The van der Waals surface area contributed by atoms with E-state index in [9.17, 15) is 0 Å². The Morgan fingerprint density at radius 1 is 0.196 bits per heavy atom. The van der Waals surface area contributed by atoms with Gasteiger partial charge in [0, 0.05) is 0 Å². The van der Waals surface area contributed by atoms with Gasteiger partial charge in [0.1, 0.15) is 0 Å². The van der Waals surface area contributed by atoms with E-state index in [2.05, 4.69) is 182 Å². The van der Waals surface area contributed by atoms with E-state index in [1.54, 1.807) is 0 Å². The molecule has 0 bridgehead atoms. The lowest BCUT2D eigenvalue weighted by molar-refractivity contribution is 1.62. The maximum atomic E-state index is 2.41. The third-order valence-corrected chi connectivity index (χ3v) is 9.40. The van der Waals surface area contributed by atoms with Crippen LogP contribution < -0.4 is 0 Å². The Bertz CT molecular complexity index is 2380. The molecule has 0 radical (unpaired) electrons. The topological polar surface area (TPSA) is 0 Å². The fourth-order valence-electron chi connectivity index (χ4n) is 7.06. The van der Waals surface area contributed by atoms with Crippen LogP contribution in [0.5, 0.6) is 0 Å². The molecule has 0 saturated carbocycles. The fourth-order valence-corrected chi connectivity index (χ4v) is 7.06. The van der Waals surface area contributed by atoms with Gasteiger partial charge in [-0.1, -0.05) is 146 Å². The molecule has 0 amide bonds. The second-order valence-electron chi connectivity index (χ2n) is 12.2. The molecule has 0 unspecified atom stereocenters. The first kappa shape index (κ1) is 26.4. The Balaban J connectivity index is 1.38. The molecule has 0 saturated heterocycles. The van der Waals surface area contributed by atoms with E-state index in [4.69, 9.17) is 0 Å². The molecule has 9 aromatic rings. The van der Waals surface area contributed by atoms with Crippen molar-refractivity contribution >= 4 is 43.1 Å². The van der Waals surface area contributed by atoms with Crippen molar-refractivity contribution in [2.24, 2.45) is 0 Å². The summed E-state index contributed by atoms with van der Waals surface area (Å²) in [6.07, 6.45) is 0. The first-order chi connectivity index (χ1) is 22.8. The minimum absolute atomic E-state index is 1.22. The zero-order valence-corrected chi connectivity index (χ0v) is 25.3. The molecule has 0 aliphatic carbocycles. The summed E-state index contributed by atoms with van der Waals surface area (Å²) in [5.41, 5.74) is 9.85. The van der Waals surface area contributed by atoms with Crippen molar-refractivity contribution in [3.05, 3.63) is 182 Å². The number of rotatable bonds is 4. The number of hydrogen-bond donors (Lipinski definition) is 0. The molecule has 9 rings (SSSR count). The molecular formula is C46H30. The highest BCUT2D eigenvalue weighted by Crippen LogP contribution is 2.42. The molecule has 46 heavy (non-hydrogen) atoms. The van der Waals surface area contributed by atoms with Gasteiger partial charge in [0.05, 0.1) is 0 Å². The van der Waals surface area contributed by atoms with Gasteiger partial charge < -0.3 is 0 Å². The van der Waals surface area contributed by atoms with Crippen LogP contribution in [-0.2, 0) is 0 Å². The fraction of sp³-hybridized carbons (Fsp3) is 0. The van der Waals surface area contributed by atoms with Gasteiger partial charge in [-0.25, -0.2) is 0 Å². The van der Waals surface area contributed by atoms with Crippen LogP contribution >= 0.6 is 0 Å². The summed E-state index contributed by atoms with van der Waals surface area (Å²) in [6, 6.07) is 66.7. The summed E-state index contributed by atoms with van der Waals surface area (Å²) in [4.78, 5) is 0. The lowest BCUT2D eigenvalue weighted by atomic mass is 9.86. The maximum Gasteiger partial charge on any atom is -0.00926 e. The lowest BCUT2D eigenvalue weighted by Gasteiger charge is -2.17. The summed E-state index contributed by atoms with van der Waals surface area (Å²) < 4.78 is 0. The van der Waals surface area contributed by atoms with Crippen molar-refractivity contribution in [3.63, 3.8) is 0 Å². The van der Waals surface area contributed by atoms with Crippen LogP contribution in [0.2, 0.25) is 0 Å². The Morgan fingerprint density at radius 3 is 1.02 bits per heavy atom. The predicted octanol–water partition coefficient (Wildman–Crippen LogP) is 13.0. The standard InChI is InChI=1S/C46H30/c1-3-13-33(14-4-1)43-27-39(37-21-19-31-11-7-9-17-35(31)25-37)29-45-41(43)23-24-42-44(34-15-5-2-6-16-34)28-40(30-46(42)45)38-22-20-32-12-8-10-18-36(32)26-38/h1-30H. The molecule has 0 aliphatic rings. The summed E-state index contributed by atoms with van der Waals surface area (Å²) in [5, 5.41) is 10.1. The number of fused-ring (bicyclic) bond motifs is 5. The van der Waals surface area contributed by atoms with E-state index in [1.165, 1.54) is 87.6 Å². The van der Waals surface area contributed by atoms with E-state index >= 15 is 0 Å². The molecule has 9 aromatic carbocycles. The largest absolute Gasteiger partial charge is 0.0622 e. The van der Waals surface area contributed by atoms with E-state index in [-0.39, 0.29) is 0 Å². The molecule has 0 spiro atoms. The van der Waals surface area contributed by atoms with Crippen molar-refractivity contribution < 1.29 is 0 Å². The van der Waals surface area contributed by atoms with Crippen LogP contribution in [0.25, 0.3) is 87.6 Å². The first-order valence-electron chi connectivity index (χ1n) is 15.9. The normalized spacial score (nSPS) is 11.5. The quantitative estimate of drug-likeness (QED) is 0.181. The average Bonchev–Trinajstić information content (AvgIpc) is 3.14. The van der Waals surface area contributed by atoms with Gasteiger partial charge in [-0.2, -0.15) is 0 Å². The van der Waals surface area contributed by atoms with Crippen LogP contribution in [0.4, 0.5) is 0 Å². The van der Waals surface area contributed by atoms with E-state index in [1.807, 2.05) is 0 Å². The molecule has 0 heterocycles. The minimum Gasteiger partial charge on any atom is -0.0622 e. The lowest BCUT2D eigenvalue weighted by Crippen LogP contribution is -1.90. The number of hydrogen-bond acceptors (Lipinski definition) is 0. The van der Waals surface area contributed by atoms with Crippen molar-refractivity contribution in [1.29, 1.82) is 0 Å². The molecule has 0 fully saturated rings. The van der Waals surface area contributed by atoms with Crippen molar-refractivity contribution in [2.75, 3.05) is 0 Å². The van der Waals surface area contributed by atoms with E-state index in [0.29, 0.717) is 0 Å². The Kier molecular flexibility index (Phi) is 6.25. The number of benzene rings is 9. The Labute approximate surface area is 268 Å². The third kappa shape index (κ3) is 4.55. The van der Waals surface area contributed by atoms with Gasteiger partial charge in [0.25, 0.3) is 0 Å². The summed E-state index contributed by atoms with van der Waals surface area (Å²) in [7, 11) is 0. The van der Waals surface area contributed by atoms with Gasteiger partial charge in [0.2, 0.25) is 0 Å². The smallest absolute Gasteiger partial charge is 0.00926 e. The van der Waals surface area contributed by atoms with Gasteiger partial charge in [0.15, 0.2) is 0 Å². The van der Waals surface area contributed by atoms with E-state index < -0.39 is 0 Å². The SMILES string of the molecule is c1ccc(-c2cc(-c3ccc4ccccc4c3)cc3c2ccc2c(-c4ccccc4)cc(-c4ccc5ccccc5c4)cc23)cc1. The molecule has 0 N–H and O–H groups in total. The van der Waals surface area contributed by atoms with Gasteiger partial charge in [-0.3, -0.25) is 0 Å². The van der Waals surface area contributed by atoms with Crippen LogP contribution in [0.3, 0.4) is 0 Å². The zero-order valence-electron chi connectivity index (χ0n) is 25.3. The van der Waals surface area contributed by atoms with Gasteiger partial charge >= 0.3 is 0 Å². The van der Waals surface area contributed by atoms with Crippen LogP contribution in [0.15, 0.2) is 182 Å². The molecule has 0 nitrogen and oxygen atoms in total. The van der Waals surface area contributed by atoms with Gasteiger partial charge in [-0.05, 0) is 124 Å². The van der Waals surface area contributed by atoms with Crippen LogP contribution in [-0.4, -0.2) is 0 Å². The second kappa shape index (κ2) is 10.9. The highest BCUT2D eigenvalue weighted by Gasteiger charge is 2.15. The van der Waals surface area contributed by atoms with E-state index in [0.717, 1.165) is 0 Å². The van der Waals surface area contributed by atoms with Crippen molar-refractivity contribution in [2.45, 2.75) is 0 Å². The summed E-state index contributed by atoms with van der Waals surface area (Å²) in [5.74, 6) is 0. The Morgan fingerprint density at radius 2 is 0.587 bits per heavy atom. The van der Waals surface area contributed by atoms with Crippen LogP contribution in [0, 0.1) is 0 Å². The summed E-state index contributed by atoms with van der Waals surface area (Å²) in [6.45, 7) is 0. The highest BCUT2D eigenvalue weighted by atomic mass is 14.2. The molecular weight excluding hydrogens is 553 g/mol. The first-order valence-corrected chi connectivity index (χ1v) is 15.9. The maximum absolute atomic E-state index is 2.41. The van der Waals surface area contributed by atoms with Crippen molar-refractivity contribution in [1.82, 2.24) is 0 Å². The Hall–Kier alpha value is -5.98.